The first-order chi connectivity index (χ1) is 14.4. The Kier molecular flexibility index (Phi) is 6.01. The van der Waals surface area contributed by atoms with Crippen molar-refractivity contribution in [3.05, 3.63) is 65.7 Å². The van der Waals surface area contributed by atoms with E-state index in [1.54, 1.807) is 12.1 Å². The summed E-state index contributed by atoms with van der Waals surface area (Å²) in [4.78, 5) is 13.1. The number of carbonyl (C=O) groups excluding carboxylic acids is 1. The zero-order valence-electron chi connectivity index (χ0n) is 16.5. The molecule has 2 aliphatic heterocycles. The van der Waals surface area contributed by atoms with Gasteiger partial charge in [-0.15, -0.1) is 0 Å². The normalized spacial score (nSPS) is 29.4. The van der Waals surface area contributed by atoms with Gasteiger partial charge in [0.2, 0.25) is 0 Å². The number of Topliss-reactive ketones (excluding diaryl/α,β-unsaturated/α-hetero) is 1. The second kappa shape index (κ2) is 8.54. The maximum absolute atomic E-state index is 13.1. The molecule has 0 N–H and O–H groups in total. The Morgan fingerprint density at radius 2 is 1.70 bits per heavy atom. The van der Waals surface area contributed by atoms with Crippen LogP contribution >= 0.6 is 0 Å². The predicted molar refractivity (Wildman–Crippen MR) is 104 cm³/mol. The molecule has 2 saturated heterocycles. The molecule has 2 aliphatic rings. The van der Waals surface area contributed by atoms with Gasteiger partial charge in [0.25, 0.3) is 10.1 Å². The minimum absolute atomic E-state index is 0.0621. The number of hydrogen-bond acceptors (Lipinski definition) is 8. The summed E-state index contributed by atoms with van der Waals surface area (Å²) in [5, 5.41) is 0. The van der Waals surface area contributed by atoms with E-state index in [2.05, 4.69) is 0 Å². The van der Waals surface area contributed by atoms with E-state index in [0.717, 1.165) is 11.1 Å². The van der Waals surface area contributed by atoms with E-state index in [4.69, 9.17) is 23.1 Å². The van der Waals surface area contributed by atoms with E-state index >= 15 is 0 Å². The van der Waals surface area contributed by atoms with Gasteiger partial charge in [-0.2, -0.15) is 8.42 Å². The van der Waals surface area contributed by atoms with Gasteiger partial charge in [-0.05, 0) is 19.1 Å². The molecular formula is C21H22O8S. The molecule has 0 unspecified atom stereocenters. The van der Waals surface area contributed by atoms with E-state index in [0.29, 0.717) is 0 Å². The van der Waals surface area contributed by atoms with Gasteiger partial charge in [0.05, 0.1) is 11.5 Å². The Labute approximate surface area is 174 Å². The van der Waals surface area contributed by atoms with Crippen molar-refractivity contribution in [3.8, 4) is 0 Å². The van der Waals surface area contributed by atoms with Crippen molar-refractivity contribution in [3.63, 3.8) is 0 Å². The highest BCUT2D eigenvalue weighted by Crippen LogP contribution is 2.34. The van der Waals surface area contributed by atoms with Crippen LogP contribution in [0.3, 0.4) is 0 Å². The van der Waals surface area contributed by atoms with E-state index in [1.807, 2.05) is 37.3 Å². The lowest BCUT2D eigenvalue weighted by atomic mass is 9.99. The molecule has 0 spiro atoms. The Morgan fingerprint density at radius 1 is 1.00 bits per heavy atom. The molecule has 0 bridgehead atoms. The van der Waals surface area contributed by atoms with Gasteiger partial charge in [-0.1, -0.05) is 48.0 Å². The first kappa shape index (κ1) is 21.1. The average molecular weight is 434 g/mol. The highest BCUT2D eigenvalue weighted by atomic mass is 32.2. The second-order valence-corrected chi connectivity index (χ2v) is 8.67. The summed E-state index contributed by atoms with van der Waals surface area (Å²) in [5.74, 6) is -0.571. The summed E-state index contributed by atoms with van der Waals surface area (Å²) >= 11 is 0. The number of rotatable bonds is 5. The van der Waals surface area contributed by atoms with Crippen molar-refractivity contribution in [1.82, 2.24) is 0 Å². The Balaban J connectivity index is 1.56. The molecular weight excluding hydrogens is 412 g/mol. The first-order valence-corrected chi connectivity index (χ1v) is 10.8. The van der Waals surface area contributed by atoms with Gasteiger partial charge in [-0.25, -0.2) is 4.18 Å². The quantitative estimate of drug-likeness (QED) is 0.660. The number of hydrogen-bond donors (Lipinski definition) is 0. The maximum atomic E-state index is 13.1. The molecule has 0 radical (unpaired) electrons. The number of aryl methyl sites for hydroxylation is 1. The summed E-state index contributed by atoms with van der Waals surface area (Å²) in [6.07, 6.45) is -5.26. The van der Waals surface area contributed by atoms with Crippen LogP contribution in [0.2, 0.25) is 0 Å². The molecule has 9 heteroatoms. The van der Waals surface area contributed by atoms with Gasteiger partial charge in [0.1, 0.15) is 6.10 Å². The molecule has 30 heavy (non-hydrogen) atoms. The predicted octanol–water partition coefficient (Wildman–Crippen LogP) is 2.12. The SMILES string of the molecule is CO[C@H]1O[C@@H]2CO[C@@H](c3ccccc3)O[C@H]2C(=O)[C@H]1OS(=O)(=O)c1ccc(C)cc1. The van der Waals surface area contributed by atoms with Gasteiger partial charge >= 0.3 is 0 Å². The molecule has 0 saturated carbocycles. The molecule has 2 heterocycles. The van der Waals surface area contributed by atoms with Crippen LogP contribution in [-0.2, 0) is 38.0 Å². The van der Waals surface area contributed by atoms with Crippen molar-refractivity contribution < 1.29 is 36.3 Å². The Hall–Kier alpha value is -2.14. The fraction of sp³-hybridized carbons (Fsp3) is 0.381. The molecule has 5 atom stereocenters. The van der Waals surface area contributed by atoms with Crippen molar-refractivity contribution in [1.29, 1.82) is 0 Å². The first-order valence-electron chi connectivity index (χ1n) is 9.43. The summed E-state index contributed by atoms with van der Waals surface area (Å²) in [5.41, 5.74) is 1.63. The third kappa shape index (κ3) is 4.18. The van der Waals surface area contributed by atoms with Crippen LogP contribution in [-0.4, -0.2) is 52.5 Å². The van der Waals surface area contributed by atoms with E-state index in [-0.39, 0.29) is 11.5 Å². The zero-order valence-corrected chi connectivity index (χ0v) is 17.3. The summed E-state index contributed by atoms with van der Waals surface area (Å²) in [7, 11) is -2.91. The fourth-order valence-corrected chi connectivity index (χ4v) is 4.42. The van der Waals surface area contributed by atoms with E-state index in [9.17, 15) is 13.2 Å². The average Bonchev–Trinajstić information content (AvgIpc) is 2.76. The molecule has 4 rings (SSSR count). The van der Waals surface area contributed by atoms with Crippen LogP contribution in [0, 0.1) is 6.92 Å². The number of methoxy groups -OCH3 is 1. The minimum Gasteiger partial charge on any atom is -0.353 e. The van der Waals surface area contributed by atoms with Crippen LogP contribution in [0.4, 0.5) is 0 Å². The molecule has 2 fully saturated rings. The third-order valence-electron chi connectivity index (χ3n) is 4.98. The lowest BCUT2D eigenvalue weighted by Crippen LogP contribution is -2.60. The molecule has 2 aromatic carbocycles. The lowest BCUT2D eigenvalue weighted by molar-refractivity contribution is -0.311. The van der Waals surface area contributed by atoms with Crippen LogP contribution in [0.15, 0.2) is 59.5 Å². The maximum Gasteiger partial charge on any atom is 0.297 e. The number of benzene rings is 2. The van der Waals surface area contributed by atoms with Gasteiger partial charge in [0, 0.05) is 12.7 Å². The second-order valence-electron chi connectivity index (χ2n) is 7.10. The summed E-state index contributed by atoms with van der Waals surface area (Å²) in [6, 6.07) is 15.3. The minimum atomic E-state index is -4.22. The third-order valence-corrected chi connectivity index (χ3v) is 6.29. The molecule has 0 amide bonds. The van der Waals surface area contributed by atoms with Crippen molar-refractivity contribution in [2.75, 3.05) is 13.7 Å². The lowest BCUT2D eigenvalue weighted by Gasteiger charge is -2.42. The van der Waals surface area contributed by atoms with Crippen LogP contribution in [0.1, 0.15) is 17.4 Å². The van der Waals surface area contributed by atoms with Crippen LogP contribution < -0.4 is 0 Å². The Bertz CT molecular complexity index is 989. The molecule has 0 aliphatic carbocycles. The number of ketones is 1. The smallest absolute Gasteiger partial charge is 0.297 e. The monoisotopic (exact) mass is 434 g/mol. The highest BCUT2D eigenvalue weighted by molar-refractivity contribution is 7.86. The van der Waals surface area contributed by atoms with Gasteiger partial charge < -0.3 is 18.9 Å². The Morgan fingerprint density at radius 3 is 2.37 bits per heavy atom. The largest absolute Gasteiger partial charge is 0.353 e. The topological polar surface area (TPSA) is 97.4 Å². The standard InChI is InChI=1S/C21H22O8S/c1-13-8-10-15(11-9-13)30(23,24)29-19-17(22)18-16(27-21(19)25-2)12-26-20(28-18)14-6-4-3-5-7-14/h3-11,16,18-21H,12H2,1-2H3/t16-,18-,19-,20-,21+/m1/s1. The molecule has 0 aromatic heterocycles. The van der Waals surface area contributed by atoms with Crippen molar-refractivity contribution >= 4 is 15.9 Å². The number of fused-ring (bicyclic) bond motifs is 1. The van der Waals surface area contributed by atoms with Crippen LogP contribution in [0.25, 0.3) is 0 Å². The zero-order chi connectivity index (χ0) is 21.3. The molecule has 160 valence electrons. The highest BCUT2D eigenvalue weighted by Gasteiger charge is 2.51. The fourth-order valence-electron chi connectivity index (χ4n) is 3.38. The summed E-state index contributed by atoms with van der Waals surface area (Å²) < 4.78 is 53.1. The van der Waals surface area contributed by atoms with Crippen LogP contribution in [0.5, 0.6) is 0 Å². The van der Waals surface area contributed by atoms with E-state index < -0.39 is 46.8 Å². The molecule has 2 aromatic rings. The van der Waals surface area contributed by atoms with Gasteiger partial charge in [-0.3, -0.25) is 4.79 Å². The van der Waals surface area contributed by atoms with Gasteiger partial charge in [0.15, 0.2) is 30.6 Å². The number of ether oxygens (including phenoxy) is 4. The number of carbonyl (C=O) groups is 1. The molecule has 8 nitrogen and oxygen atoms in total. The van der Waals surface area contributed by atoms with E-state index in [1.165, 1.54) is 19.2 Å². The van der Waals surface area contributed by atoms with Crippen molar-refractivity contribution in [2.45, 2.75) is 42.7 Å². The summed E-state index contributed by atoms with van der Waals surface area (Å²) in [6.45, 7) is 1.93. The van der Waals surface area contributed by atoms with Crippen molar-refractivity contribution in [2.24, 2.45) is 0 Å².